The van der Waals surface area contributed by atoms with E-state index in [0.717, 1.165) is 11.8 Å². The molecule has 8 heteroatoms. The molecule has 1 fully saturated rings. The molecule has 2 atom stereocenters. The highest BCUT2D eigenvalue weighted by molar-refractivity contribution is 7.90. The maximum atomic E-state index is 12.4. The zero-order chi connectivity index (χ0) is 18.7. The molecule has 1 aromatic carbocycles. The third kappa shape index (κ3) is 4.20. The lowest BCUT2D eigenvalue weighted by Gasteiger charge is -2.20. The van der Waals surface area contributed by atoms with Gasteiger partial charge in [-0.3, -0.25) is 4.98 Å². The van der Waals surface area contributed by atoms with Crippen molar-refractivity contribution in [3.63, 3.8) is 0 Å². The van der Waals surface area contributed by atoms with E-state index in [1.807, 2.05) is 12.1 Å². The standard InChI is InChI=1S/C18H21N3O4S/c1-12-3-4-14(11-16(12)26(2,23)24)20-18(22)21-15-7-10-25-17(15)13-5-8-19-9-6-13/h3-6,8-9,11,15,17H,7,10H2,1-2H3,(H2,20,21,22)/t15-,17+/m0/s1. The van der Waals surface area contributed by atoms with Crippen molar-refractivity contribution in [1.29, 1.82) is 0 Å². The van der Waals surface area contributed by atoms with Crippen LogP contribution in [0.5, 0.6) is 0 Å². The Kier molecular flexibility index (Phi) is 5.24. The second-order valence-corrected chi connectivity index (χ2v) is 8.30. The molecular weight excluding hydrogens is 354 g/mol. The number of hydrogen-bond donors (Lipinski definition) is 2. The highest BCUT2D eigenvalue weighted by Crippen LogP contribution is 2.29. The molecule has 1 saturated heterocycles. The monoisotopic (exact) mass is 375 g/mol. The summed E-state index contributed by atoms with van der Waals surface area (Å²) in [4.78, 5) is 16.5. The van der Waals surface area contributed by atoms with Gasteiger partial charge in [-0.2, -0.15) is 0 Å². The predicted octanol–water partition coefficient (Wildman–Crippen LogP) is 2.45. The van der Waals surface area contributed by atoms with Gasteiger partial charge in [0.25, 0.3) is 0 Å². The Hall–Kier alpha value is -2.45. The van der Waals surface area contributed by atoms with Gasteiger partial charge in [0.2, 0.25) is 0 Å². The molecule has 0 spiro atoms. The fourth-order valence-corrected chi connectivity index (χ4v) is 4.03. The molecule has 0 bridgehead atoms. The van der Waals surface area contributed by atoms with Crippen LogP contribution in [0.25, 0.3) is 0 Å². The first-order valence-electron chi connectivity index (χ1n) is 8.24. The van der Waals surface area contributed by atoms with Crippen LogP contribution in [0.4, 0.5) is 10.5 Å². The van der Waals surface area contributed by atoms with Crippen LogP contribution in [0.3, 0.4) is 0 Å². The summed E-state index contributed by atoms with van der Waals surface area (Å²) in [5.41, 5.74) is 2.02. The zero-order valence-corrected chi connectivity index (χ0v) is 15.4. The number of rotatable bonds is 4. The molecule has 1 aliphatic rings. The van der Waals surface area contributed by atoms with Gasteiger partial charge in [-0.05, 0) is 48.7 Å². The number of anilines is 1. The van der Waals surface area contributed by atoms with E-state index >= 15 is 0 Å². The van der Waals surface area contributed by atoms with Gasteiger partial charge in [0.15, 0.2) is 9.84 Å². The molecule has 0 aliphatic carbocycles. The van der Waals surface area contributed by atoms with Crippen molar-refractivity contribution >= 4 is 21.6 Å². The average molecular weight is 375 g/mol. The first-order chi connectivity index (χ1) is 12.3. The molecule has 1 aromatic heterocycles. The second-order valence-electron chi connectivity index (χ2n) is 6.32. The second kappa shape index (κ2) is 7.43. The van der Waals surface area contributed by atoms with Crippen molar-refractivity contribution < 1.29 is 17.9 Å². The smallest absolute Gasteiger partial charge is 0.319 e. The van der Waals surface area contributed by atoms with Gasteiger partial charge < -0.3 is 15.4 Å². The minimum absolute atomic E-state index is 0.169. The summed E-state index contributed by atoms with van der Waals surface area (Å²) in [6.45, 7) is 2.27. The van der Waals surface area contributed by atoms with Crippen LogP contribution >= 0.6 is 0 Å². The maximum absolute atomic E-state index is 12.4. The number of ether oxygens (including phenoxy) is 1. The van der Waals surface area contributed by atoms with E-state index in [0.29, 0.717) is 24.3 Å². The summed E-state index contributed by atoms with van der Waals surface area (Å²) < 4.78 is 29.4. The number of nitrogens with one attached hydrogen (secondary N) is 2. The third-order valence-electron chi connectivity index (χ3n) is 4.29. The van der Waals surface area contributed by atoms with Gasteiger partial charge in [0.05, 0.1) is 10.9 Å². The number of urea groups is 1. The minimum Gasteiger partial charge on any atom is -0.371 e. The van der Waals surface area contributed by atoms with Gasteiger partial charge in [0, 0.05) is 30.9 Å². The maximum Gasteiger partial charge on any atom is 0.319 e. The van der Waals surface area contributed by atoms with Gasteiger partial charge in [0.1, 0.15) is 6.10 Å². The van der Waals surface area contributed by atoms with Crippen LogP contribution in [-0.2, 0) is 14.6 Å². The molecule has 2 aromatic rings. The van der Waals surface area contributed by atoms with Gasteiger partial charge in [-0.25, -0.2) is 13.2 Å². The van der Waals surface area contributed by atoms with E-state index in [9.17, 15) is 13.2 Å². The van der Waals surface area contributed by atoms with Crippen molar-refractivity contribution in [1.82, 2.24) is 10.3 Å². The summed E-state index contributed by atoms with van der Waals surface area (Å²) in [7, 11) is -3.36. The van der Waals surface area contributed by atoms with Crippen LogP contribution in [0, 0.1) is 6.92 Å². The van der Waals surface area contributed by atoms with E-state index in [2.05, 4.69) is 15.6 Å². The van der Waals surface area contributed by atoms with Crippen LogP contribution in [0.2, 0.25) is 0 Å². The molecule has 138 valence electrons. The van der Waals surface area contributed by atoms with E-state index < -0.39 is 15.9 Å². The fraction of sp³-hybridized carbons (Fsp3) is 0.333. The molecule has 26 heavy (non-hydrogen) atoms. The molecule has 0 saturated carbocycles. The molecule has 2 amide bonds. The summed E-state index contributed by atoms with van der Waals surface area (Å²) in [6, 6.07) is 7.97. The Balaban J connectivity index is 1.69. The molecule has 3 rings (SSSR count). The van der Waals surface area contributed by atoms with Gasteiger partial charge >= 0.3 is 6.03 Å². The van der Waals surface area contributed by atoms with Crippen molar-refractivity contribution in [3.8, 4) is 0 Å². The zero-order valence-electron chi connectivity index (χ0n) is 14.6. The number of carbonyl (C=O) groups is 1. The topological polar surface area (TPSA) is 97.4 Å². The molecule has 7 nitrogen and oxygen atoms in total. The van der Waals surface area contributed by atoms with Crippen LogP contribution in [0.1, 0.15) is 23.7 Å². The van der Waals surface area contributed by atoms with Crippen LogP contribution in [0.15, 0.2) is 47.6 Å². The predicted molar refractivity (Wildman–Crippen MR) is 97.8 cm³/mol. The van der Waals surface area contributed by atoms with Crippen LogP contribution in [-0.4, -0.2) is 38.3 Å². The normalized spacial score (nSPS) is 19.9. The lowest BCUT2D eigenvalue weighted by atomic mass is 10.0. The third-order valence-corrected chi connectivity index (χ3v) is 5.53. The average Bonchev–Trinajstić information content (AvgIpc) is 3.04. The Bertz CT molecular complexity index is 900. The molecule has 2 N–H and O–H groups in total. The van der Waals surface area contributed by atoms with Gasteiger partial charge in [-0.1, -0.05) is 6.07 Å². The van der Waals surface area contributed by atoms with E-state index in [1.165, 1.54) is 6.07 Å². The first-order valence-corrected chi connectivity index (χ1v) is 10.1. The van der Waals surface area contributed by atoms with Crippen molar-refractivity contribution in [2.75, 3.05) is 18.2 Å². The fourth-order valence-electron chi connectivity index (χ4n) is 3.03. The van der Waals surface area contributed by atoms with Crippen molar-refractivity contribution in [2.24, 2.45) is 0 Å². The quantitative estimate of drug-likeness (QED) is 0.855. The first kappa shape index (κ1) is 18.3. The number of hydrogen-bond acceptors (Lipinski definition) is 5. The number of aryl methyl sites for hydroxylation is 1. The highest BCUT2D eigenvalue weighted by atomic mass is 32.2. The number of benzene rings is 1. The Morgan fingerprint density at radius 3 is 2.65 bits per heavy atom. The summed E-state index contributed by atoms with van der Waals surface area (Å²) in [5.74, 6) is 0. The number of sulfone groups is 1. The largest absolute Gasteiger partial charge is 0.371 e. The van der Waals surface area contributed by atoms with E-state index in [-0.39, 0.29) is 17.0 Å². The SMILES string of the molecule is Cc1ccc(NC(=O)N[C@H]2CCO[C@@H]2c2ccncc2)cc1S(C)(=O)=O. The minimum atomic E-state index is -3.36. The van der Waals surface area contributed by atoms with Crippen molar-refractivity contribution in [2.45, 2.75) is 30.4 Å². The number of pyridine rings is 1. The van der Waals surface area contributed by atoms with E-state index in [4.69, 9.17) is 4.74 Å². The van der Waals surface area contributed by atoms with Crippen molar-refractivity contribution in [3.05, 3.63) is 53.9 Å². The Morgan fingerprint density at radius 2 is 1.96 bits per heavy atom. The summed E-state index contributed by atoms with van der Waals surface area (Å²) in [6.07, 6.45) is 4.99. The molecule has 0 unspecified atom stereocenters. The lowest BCUT2D eigenvalue weighted by molar-refractivity contribution is 0.100. The number of amides is 2. The molecule has 1 aliphatic heterocycles. The molecular formula is C18H21N3O4S. The Morgan fingerprint density at radius 1 is 1.23 bits per heavy atom. The number of carbonyl (C=O) groups excluding carboxylic acids is 1. The van der Waals surface area contributed by atoms with E-state index in [1.54, 1.807) is 31.5 Å². The Labute approximate surface area is 152 Å². The molecule has 0 radical (unpaired) electrons. The molecule has 2 heterocycles. The summed E-state index contributed by atoms with van der Waals surface area (Å²) in [5, 5.41) is 5.60. The summed E-state index contributed by atoms with van der Waals surface area (Å²) >= 11 is 0. The number of aromatic nitrogens is 1. The van der Waals surface area contributed by atoms with Crippen LogP contribution < -0.4 is 10.6 Å². The number of nitrogens with zero attached hydrogens (tertiary/aromatic N) is 1. The highest BCUT2D eigenvalue weighted by Gasteiger charge is 2.31. The van der Waals surface area contributed by atoms with Gasteiger partial charge in [-0.15, -0.1) is 0 Å². The lowest BCUT2D eigenvalue weighted by Crippen LogP contribution is -2.39.